The summed E-state index contributed by atoms with van der Waals surface area (Å²) >= 11 is 0. The molecule has 0 saturated heterocycles. The van der Waals surface area contributed by atoms with E-state index in [1.807, 2.05) is 13.8 Å². The largest absolute Gasteiger partial charge is 0.385 e. The molecule has 5 heteroatoms. The molecule has 13 heavy (non-hydrogen) atoms. The van der Waals surface area contributed by atoms with Crippen molar-refractivity contribution < 1.29 is 0 Å². The summed E-state index contributed by atoms with van der Waals surface area (Å²) in [7, 11) is 1.53. The molecule has 5 nitrogen and oxygen atoms in total. The molecule has 1 heterocycles. The summed E-state index contributed by atoms with van der Waals surface area (Å²) in [5, 5.41) is 0. The monoisotopic (exact) mass is 183 g/mol. The van der Waals surface area contributed by atoms with Crippen LogP contribution in [-0.4, -0.2) is 9.55 Å². The van der Waals surface area contributed by atoms with Crippen molar-refractivity contribution in [3.63, 3.8) is 0 Å². The van der Waals surface area contributed by atoms with Crippen LogP contribution in [0.25, 0.3) is 0 Å². The van der Waals surface area contributed by atoms with Gasteiger partial charge in [-0.1, -0.05) is 13.8 Å². The molecule has 0 amide bonds. The lowest BCUT2D eigenvalue weighted by Gasteiger charge is -2.10. The zero-order valence-corrected chi connectivity index (χ0v) is 7.92. The highest BCUT2D eigenvalue weighted by atomic mass is 16.2. The van der Waals surface area contributed by atoms with E-state index in [1.54, 1.807) is 0 Å². The Kier molecular flexibility index (Phi) is 2.27. The van der Waals surface area contributed by atoms with Gasteiger partial charge in [-0.05, 0) is 5.92 Å². The van der Waals surface area contributed by atoms with Crippen LogP contribution in [0.1, 0.15) is 25.3 Å². The molecule has 0 aliphatic carbocycles. The Labute approximate surface area is 75.2 Å². The molecule has 3 N–H and O–H groups in total. The molecule has 0 atom stereocenters. The summed E-state index contributed by atoms with van der Waals surface area (Å²) in [6.45, 7) is 3.71. The van der Waals surface area contributed by atoms with Gasteiger partial charge in [-0.15, -0.1) is 0 Å². The number of rotatable bonds is 1. The maximum absolute atomic E-state index is 11.3. The fraction of sp³-hybridized carbons (Fsp3) is 0.500. The predicted molar refractivity (Wildman–Crippen MR) is 50.8 cm³/mol. The second-order valence-electron chi connectivity index (χ2n) is 3.27. The maximum atomic E-state index is 11.3. The van der Waals surface area contributed by atoms with Gasteiger partial charge in [0.05, 0.1) is 5.56 Å². The van der Waals surface area contributed by atoms with E-state index in [2.05, 4.69) is 4.98 Å². The topological polar surface area (TPSA) is 80.9 Å². The van der Waals surface area contributed by atoms with E-state index in [1.165, 1.54) is 11.6 Å². The van der Waals surface area contributed by atoms with E-state index in [4.69, 9.17) is 5.73 Å². The van der Waals surface area contributed by atoms with E-state index in [0.29, 0.717) is 5.56 Å². The van der Waals surface area contributed by atoms with Crippen molar-refractivity contribution in [2.45, 2.75) is 19.8 Å². The minimum atomic E-state index is -0.480. The number of nitrogens with one attached hydrogen (secondary N) is 1. The molecule has 1 aromatic heterocycles. The summed E-state index contributed by atoms with van der Waals surface area (Å²) in [5.41, 5.74) is 5.22. The second kappa shape index (κ2) is 3.08. The first kappa shape index (κ1) is 9.57. The summed E-state index contributed by atoms with van der Waals surface area (Å²) in [6.07, 6.45) is 0. The minimum Gasteiger partial charge on any atom is -0.385 e. The van der Waals surface area contributed by atoms with Crippen LogP contribution < -0.4 is 17.0 Å². The van der Waals surface area contributed by atoms with Crippen LogP contribution in [0.3, 0.4) is 0 Å². The number of anilines is 1. The van der Waals surface area contributed by atoms with Gasteiger partial charge in [-0.25, -0.2) is 4.79 Å². The van der Waals surface area contributed by atoms with Gasteiger partial charge in [0.15, 0.2) is 0 Å². The van der Waals surface area contributed by atoms with Gasteiger partial charge in [-0.3, -0.25) is 14.3 Å². The zero-order valence-electron chi connectivity index (χ0n) is 7.92. The molecule has 0 spiro atoms. The molecule has 0 fully saturated rings. The minimum absolute atomic E-state index is 0.00977. The first-order valence-corrected chi connectivity index (χ1v) is 4.03. The van der Waals surface area contributed by atoms with Gasteiger partial charge in [-0.2, -0.15) is 0 Å². The number of hydrogen-bond acceptors (Lipinski definition) is 3. The van der Waals surface area contributed by atoms with Crippen molar-refractivity contribution in [3.05, 3.63) is 26.4 Å². The van der Waals surface area contributed by atoms with Gasteiger partial charge in [0.25, 0.3) is 5.56 Å². The number of hydrogen-bond donors (Lipinski definition) is 2. The van der Waals surface area contributed by atoms with Gasteiger partial charge in [0, 0.05) is 7.05 Å². The number of H-pyrrole nitrogens is 1. The molecule has 0 saturated carbocycles. The third-order valence-corrected chi connectivity index (χ3v) is 1.98. The quantitative estimate of drug-likeness (QED) is 0.631. The van der Waals surface area contributed by atoms with Crippen molar-refractivity contribution in [1.29, 1.82) is 0 Å². The summed E-state index contributed by atoms with van der Waals surface area (Å²) < 4.78 is 1.23. The zero-order chi connectivity index (χ0) is 10.2. The van der Waals surface area contributed by atoms with Crippen LogP contribution in [0, 0.1) is 0 Å². The van der Waals surface area contributed by atoms with Crippen molar-refractivity contribution in [1.82, 2.24) is 9.55 Å². The molecule has 72 valence electrons. The standard InChI is InChI=1S/C8H13N3O2/c1-4(2)5-6(9)11(3)8(13)10-7(5)12/h4H,9H2,1-3H3,(H,10,12,13). The molecule has 0 aromatic carbocycles. The molecule has 1 aromatic rings. The maximum Gasteiger partial charge on any atom is 0.329 e. The molecule has 0 radical (unpaired) electrons. The lowest BCUT2D eigenvalue weighted by molar-refractivity contribution is 0.755. The highest BCUT2D eigenvalue weighted by Crippen LogP contribution is 2.13. The van der Waals surface area contributed by atoms with E-state index >= 15 is 0 Å². The van der Waals surface area contributed by atoms with E-state index in [-0.39, 0.29) is 11.7 Å². The molecule has 0 aliphatic heterocycles. The smallest absolute Gasteiger partial charge is 0.329 e. The highest BCUT2D eigenvalue weighted by molar-refractivity contribution is 5.39. The third-order valence-electron chi connectivity index (χ3n) is 1.98. The van der Waals surface area contributed by atoms with Crippen molar-refractivity contribution in [2.75, 3.05) is 5.73 Å². The Hall–Kier alpha value is -1.52. The highest BCUT2D eigenvalue weighted by Gasteiger charge is 2.12. The SMILES string of the molecule is CC(C)c1c(N)n(C)c(=O)[nH]c1=O. The second-order valence-corrected chi connectivity index (χ2v) is 3.27. The molecule has 0 bridgehead atoms. The Morgan fingerprint density at radius 1 is 1.38 bits per heavy atom. The molecule has 1 rings (SSSR count). The molecular weight excluding hydrogens is 170 g/mol. The molecular formula is C8H13N3O2. The van der Waals surface area contributed by atoms with Crippen LogP contribution in [-0.2, 0) is 7.05 Å². The van der Waals surface area contributed by atoms with Gasteiger partial charge < -0.3 is 5.73 Å². The predicted octanol–water partition coefficient (Wildman–Crippen LogP) is -0.221. The van der Waals surface area contributed by atoms with Crippen LogP contribution in [0.4, 0.5) is 5.82 Å². The van der Waals surface area contributed by atoms with Crippen LogP contribution in [0.15, 0.2) is 9.59 Å². The fourth-order valence-corrected chi connectivity index (χ4v) is 1.21. The average molecular weight is 183 g/mol. The van der Waals surface area contributed by atoms with Crippen molar-refractivity contribution >= 4 is 5.82 Å². The number of nitrogen functional groups attached to an aromatic ring is 1. The van der Waals surface area contributed by atoms with Gasteiger partial charge in [0.1, 0.15) is 5.82 Å². The molecule has 0 unspecified atom stereocenters. The Morgan fingerprint density at radius 3 is 2.38 bits per heavy atom. The lowest BCUT2D eigenvalue weighted by atomic mass is 10.1. The van der Waals surface area contributed by atoms with Crippen molar-refractivity contribution in [3.8, 4) is 0 Å². The lowest BCUT2D eigenvalue weighted by Crippen LogP contribution is -2.33. The van der Waals surface area contributed by atoms with E-state index in [9.17, 15) is 9.59 Å². The normalized spacial score (nSPS) is 10.8. The Morgan fingerprint density at radius 2 is 1.92 bits per heavy atom. The summed E-state index contributed by atoms with van der Waals surface area (Å²) in [4.78, 5) is 24.6. The number of aromatic nitrogens is 2. The number of aromatic amines is 1. The number of nitrogens with zero attached hydrogens (tertiary/aromatic N) is 1. The third kappa shape index (κ3) is 1.49. The van der Waals surface area contributed by atoms with Gasteiger partial charge >= 0.3 is 5.69 Å². The first-order valence-electron chi connectivity index (χ1n) is 4.03. The Balaban J connectivity index is 3.63. The van der Waals surface area contributed by atoms with Gasteiger partial charge in [0.2, 0.25) is 0 Å². The van der Waals surface area contributed by atoms with E-state index < -0.39 is 11.2 Å². The molecule has 0 aliphatic rings. The average Bonchev–Trinajstić information content (AvgIpc) is 1.99. The van der Waals surface area contributed by atoms with Crippen LogP contribution in [0.2, 0.25) is 0 Å². The fourth-order valence-electron chi connectivity index (χ4n) is 1.21. The van der Waals surface area contributed by atoms with Crippen LogP contribution in [0.5, 0.6) is 0 Å². The van der Waals surface area contributed by atoms with Crippen LogP contribution >= 0.6 is 0 Å². The first-order chi connectivity index (χ1) is 5.95. The summed E-state index contributed by atoms with van der Waals surface area (Å²) in [5.74, 6) is 0.249. The summed E-state index contributed by atoms with van der Waals surface area (Å²) in [6, 6.07) is 0. The van der Waals surface area contributed by atoms with Crippen molar-refractivity contribution in [2.24, 2.45) is 7.05 Å². The number of nitrogens with two attached hydrogens (primary N) is 1. The van der Waals surface area contributed by atoms with E-state index in [0.717, 1.165) is 0 Å². The Bertz CT molecular complexity index is 428.